The van der Waals surface area contributed by atoms with Gasteiger partial charge in [0, 0.05) is 12.7 Å². The molecule has 62 valence electrons. The number of aliphatic hydroxyl groups excluding tert-OH is 1. The molecule has 0 aliphatic carbocycles. The molecule has 0 spiro atoms. The Balaban J connectivity index is 2.77. The number of halogens is 1. The highest BCUT2D eigenvalue weighted by Crippen LogP contribution is 2.13. The van der Waals surface area contributed by atoms with Gasteiger partial charge < -0.3 is 5.11 Å². The molecular formula is C7H11ClN2O. The lowest BCUT2D eigenvalue weighted by Gasteiger charge is -1.94. The minimum Gasteiger partial charge on any atom is -0.390 e. The van der Waals surface area contributed by atoms with E-state index < -0.39 is 0 Å². The molecule has 11 heavy (non-hydrogen) atoms. The molecule has 1 rings (SSSR count). The van der Waals surface area contributed by atoms with Crippen molar-refractivity contribution in [3.05, 3.63) is 16.9 Å². The molecule has 1 N–H and O–H groups in total. The lowest BCUT2D eigenvalue weighted by Crippen LogP contribution is -1.97. The third-order valence-corrected chi connectivity index (χ3v) is 1.71. The molecule has 0 atom stereocenters. The van der Waals surface area contributed by atoms with Crippen LogP contribution in [-0.2, 0) is 13.2 Å². The van der Waals surface area contributed by atoms with Crippen LogP contribution in [0.3, 0.4) is 0 Å². The fourth-order valence-electron chi connectivity index (χ4n) is 0.888. The van der Waals surface area contributed by atoms with E-state index in [0.717, 1.165) is 13.0 Å². The van der Waals surface area contributed by atoms with E-state index in [4.69, 9.17) is 16.7 Å². The lowest BCUT2D eigenvalue weighted by molar-refractivity contribution is 0.275. The summed E-state index contributed by atoms with van der Waals surface area (Å²) in [6.07, 6.45) is 2.75. The van der Waals surface area contributed by atoms with Crippen molar-refractivity contribution in [2.24, 2.45) is 0 Å². The maximum Gasteiger partial charge on any atom is 0.106 e. The van der Waals surface area contributed by atoms with Gasteiger partial charge in [-0.3, -0.25) is 4.68 Å². The summed E-state index contributed by atoms with van der Waals surface area (Å²) in [5.74, 6) is 0. The summed E-state index contributed by atoms with van der Waals surface area (Å²) >= 11 is 5.74. The van der Waals surface area contributed by atoms with Crippen LogP contribution in [0.25, 0.3) is 0 Å². The minimum atomic E-state index is -0.0878. The quantitative estimate of drug-likeness (QED) is 0.753. The van der Waals surface area contributed by atoms with Crippen LogP contribution in [0.5, 0.6) is 0 Å². The summed E-state index contributed by atoms with van der Waals surface area (Å²) in [4.78, 5) is 0. The molecule has 1 aromatic heterocycles. The Morgan fingerprint density at radius 2 is 2.45 bits per heavy atom. The van der Waals surface area contributed by atoms with E-state index in [1.807, 2.05) is 0 Å². The number of hydrogen-bond acceptors (Lipinski definition) is 2. The largest absolute Gasteiger partial charge is 0.390 e. The maximum atomic E-state index is 8.74. The zero-order valence-corrected chi connectivity index (χ0v) is 7.17. The first-order valence-corrected chi connectivity index (χ1v) is 3.98. The second-order valence-corrected chi connectivity index (χ2v) is 2.75. The molecular weight excluding hydrogens is 164 g/mol. The maximum absolute atomic E-state index is 8.74. The number of rotatable bonds is 3. The van der Waals surface area contributed by atoms with Gasteiger partial charge in [0.15, 0.2) is 0 Å². The normalized spacial score (nSPS) is 10.5. The Morgan fingerprint density at radius 3 is 2.91 bits per heavy atom. The van der Waals surface area contributed by atoms with Crippen LogP contribution in [0.4, 0.5) is 0 Å². The van der Waals surface area contributed by atoms with Crippen LogP contribution in [0.1, 0.15) is 19.0 Å². The summed E-state index contributed by atoms with van der Waals surface area (Å²) in [6.45, 7) is 2.82. The second kappa shape index (κ2) is 3.74. The van der Waals surface area contributed by atoms with Gasteiger partial charge in [0.05, 0.1) is 11.6 Å². The molecule has 0 aliphatic rings. The van der Waals surface area contributed by atoms with Crippen LogP contribution in [-0.4, -0.2) is 14.9 Å². The van der Waals surface area contributed by atoms with Crippen molar-refractivity contribution in [3.8, 4) is 0 Å². The topological polar surface area (TPSA) is 38.0 Å². The second-order valence-electron chi connectivity index (χ2n) is 2.34. The van der Waals surface area contributed by atoms with Gasteiger partial charge in [0.25, 0.3) is 0 Å². The van der Waals surface area contributed by atoms with E-state index in [9.17, 15) is 0 Å². The summed E-state index contributed by atoms with van der Waals surface area (Å²) in [5.41, 5.74) is 0.556. The summed E-state index contributed by atoms with van der Waals surface area (Å²) < 4.78 is 1.74. The van der Waals surface area contributed by atoms with Crippen molar-refractivity contribution in [2.45, 2.75) is 26.5 Å². The lowest BCUT2D eigenvalue weighted by atomic mass is 10.5. The van der Waals surface area contributed by atoms with Gasteiger partial charge in [-0.1, -0.05) is 18.5 Å². The molecule has 0 aromatic carbocycles. The van der Waals surface area contributed by atoms with E-state index in [1.54, 1.807) is 10.9 Å². The Bertz CT molecular complexity index is 234. The van der Waals surface area contributed by atoms with Crippen molar-refractivity contribution >= 4 is 11.6 Å². The highest BCUT2D eigenvalue weighted by atomic mass is 35.5. The van der Waals surface area contributed by atoms with Crippen molar-refractivity contribution in [3.63, 3.8) is 0 Å². The van der Waals surface area contributed by atoms with Gasteiger partial charge >= 0.3 is 0 Å². The fourth-order valence-corrected chi connectivity index (χ4v) is 1.10. The molecule has 3 nitrogen and oxygen atoms in total. The first-order valence-electron chi connectivity index (χ1n) is 3.60. The molecule has 0 amide bonds. The van der Waals surface area contributed by atoms with E-state index in [0.29, 0.717) is 10.7 Å². The van der Waals surface area contributed by atoms with Crippen molar-refractivity contribution in [1.29, 1.82) is 0 Å². The highest BCUT2D eigenvalue weighted by Gasteiger charge is 2.03. The van der Waals surface area contributed by atoms with Crippen LogP contribution in [0, 0.1) is 0 Å². The number of nitrogens with zero attached hydrogens (tertiary/aromatic N) is 2. The first-order chi connectivity index (χ1) is 5.27. The average molecular weight is 175 g/mol. The van der Waals surface area contributed by atoms with Gasteiger partial charge in [-0.2, -0.15) is 5.10 Å². The molecule has 0 aliphatic heterocycles. The molecule has 1 aromatic rings. The van der Waals surface area contributed by atoms with E-state index in [1.165, 1.54) is 0 Å². The minimum absolute atomic E-state index is 0.0878. The number of aryl methyl sites for hydroxylation is 1. The molecule has 0 saturated carbocycles. The van der Waals surface area contributed by atoms with Crippen molar-refractivity contribution in [2.75, 3.05) is 0 Å². The zero-order chi connectivity index (χ0) is 8.27. The van der Waals surface area contributed by atoms with E-state index >= 15 is 0 Å². The summed E-state index contributed by atoms with van der Waals surface area (Å²) in [5, 5.41) is 13.3. The van der Waals surface area contributed by atoms with Gasteiger partial charge in [0.2, 0.25) is 0 Å². The van der Waals surface area contributed by atoms with Gasteiger partial charge in [-0.25, -0.2) is 0 Å². The fraction of sp³-hybridized carbons (Fsp3) is 0.571. The molecule has 0 bridgehead atoms. The molecule has 0 saturated heterocycles. The van der Waals surface area contributed by atoms with Crippen LogP contribution < -0.4 is 0 Å². The van der Waals surface area contributed by atoms with Crippen LogP contribution >= 0.6 is 11.6 Å². The smallest absolute Gasteiger partial charge is 0.106 e. The van der Waals surface area contributed by atoms with E-state index in [2.05, 4.69) is 12.0 Å². The Kier molecular flexibility index (Phi) is 2.91. The third-order valence-electron chi connectivity index (χ3n) is 1.39. The SMILES string of the molecule is CCCn1cc(Cl)c(CO)n1. The zero-order valence-electron chi connectivity index (χ0n) is 6.42. The summed E-state index contributed by atoms with van der Waals surface area (Å²) in [6, 6.07) is 0. The van der Waals surface area contributed by atoms with Gasteiger partial charge in [-0.15, -0.1) is 0 Å². The number of aliphatic hydroxyl groups is 1. The van der Waals surface area contributed by atoms with Crippen LogP contribution in [0.2, 0.25) is 5.02 Å². The van der Waals surface area contributed by atoms with Crippen LogP contribution in [0.15, 0.2) is 6.20 Å². The predicted molar refractivity (Wildman–Crippen MR) is 43.5 cm³/mol. The van der Waals surface area contributed by atoms with Crippen molar-refractivity contribution in [1.82, 2.24) is 9.78 Å². The average Bonchev–Trinajstić information content (AvgIpc) is 2.32. The highest BCUT2D eigenvalue weighted by molar-refractivity contribution is 6.31. The molecule has 0 fully saturated rings. The molecule has 4 heteroatoms. The van der Waals surface area contributed by atoms with Gasteiger partial charge in [0.1, 0.15) is 5.69 Å². The monoisotopic (exact) mass is 174 g/mol. The molecule has 0 radical (unpaired) electrons. The van der Waals surface area contributed by atoms with Crippen molar-refractivity contribution < 1.29 is 5.11 Å². The number of aromatic nitrogens is 2. The Morgan fingerprint density at radius 1 is 1.73 bits per heavy atom. The molecule has 1 heterocycles. The first kappa shape index (κ1) is 8.56. The van der Waals surface area contributed by atoms with Gasteiger partial charge in [-0.05, 0) is 6.42 Å². The number of hydrogen-bond donors (Lipinski definition) is 1. The standard InChI is InChI=1S/C7H11ClN2O/c1-2-3-10-4-6(8)7(5-11)9-10/h4,11H,2-3,5H2,1H3. The summed E-state index contributed by atoms with van der Waals surface area (Å²) in [7, 11) is 0. The predicted octanol–water partition coefficient (Wildman–Crippen LogP) is 1.44. The van der Waals surface area contributed by atoms with E-state index in [-0.39, 0.29) is 6.61 Å². The third kappa shape index (κ3) is 1.94. The Hall–Kier alpha value is -0.540. The molecule has 0 unspecified atom stereocenters. The Labute approximate surface area is 70.6 Å².